The molecular weight excluding hydrogens is 442 g/mol. The van der Waals surface area contributed by atoms with Crippen molar-refractivity contribution >= 4 is 22.0 Å². The van der Waals surface area contributed by atoms with E-state index >= 15 is 0 Å². The third-order valence-corrected chi connectivity index (χ3v) is 6.36. The van der Waals surface area contributed by atoms with Gasteiger partial charge >= 0.3 is 0 Å². The summed E-state index contributed by atoms with van der Waals surface area (Å²) in [5.74, 6) is -0.0302. The summed E-state index contributed by atoms with van der Waals surface area (Å²) in [6.07, 6.45) is 3.94. The lowest BCUT2D eigenvalue weighted by atomic mass is 9.81. The van der Waals surface area contributed by atoms with Crippen molar-refractivity contribution in [2.75, 3.05) is 12.8 Å². The summed E-state index contributed by atoms with van der Waals surface area (Å²) in [4.78, 5) is 28.0. The second-order valence-corrected chi connectivity index (χ2v) is 9.36. The van der Waals surface area contributed by atoms with Gasteiger partial charge in [-0.15, -0.1) is 0 Å². The predicted octanol–water partition coefficient (Wildman–Crippen LogP) is 1.99. The van der Waals surface area contributed by atoms with Crippen LogP contribution in [0.3, 0.4) is 0 Å². The zero-order valence-electron chi connectivity index (χ0n) is 17.9. The van der Waals surface area contributed by atoms with Crippen molar-refractivity contribution in [3.8, 4) is 11.4 Å². The average molecular weight is 466 g/mol. The van der Waals surface area contributed by atoms with Crippen LogP contribution in [-0.2, 0) is 26.9 Å². The van der Waals surface area contributed by atoms with Crippen molar-refractivity contribution in [1.29, 1.82) is 0 Å². The van der Waals surface area contributed by atoms with Crippen LogP contribution in [0.1, 0.15) is 23.1 Å². The van der Waals surface area contributed by atoms with E-state index in [1.54, 1.807) is 37.6 Å². The van der Waals surface area contributed by atoms with Crippen molar-refractivity contribution < 1.29 is 17.8 Å². The Morgan fingerprint density at radius 2 is 1.70 bits per heavy atom. The van der Waals surface area contributed by atoms with Crippen LogP contribution in [0.2, 0.25) is 0 Å². The highest BCUT2D eigenvalue weighted by Crippen LogP contribution is 2.40. The van der Waals surface area contributed by atoms with E-state index < -0.39 is 15.7 Å². The molecule has 1 aliphatic rings. The Morgan fingerprint density at radius 3 is 2.33 bits per heavy atom. The summed E-state index contributed by atoms with van der Waals surface area (Å²) in [6, 6.07) is 16.3. The van der Waals surface area contributed by atoms with Gasteiger partial charge in [0.25, 0.3) is 16.0 Å². The Hall–Kier alpha value is -3.63. The topological polar surface area (TPSA) is 139 Å². The van der Waals surface area contributed by atoms with Gasteiger partial charge in [-0.3, -0.25) is 14.2 Å². The summed E-state index contributed by atoms with van der Waals surface area (Å²) >= 11 is 0. The molecule has 1 aromatic heterocycles. The highest BCUT2D eigenvalue weighted by atomic mass is 32.2. The Balaban J connectivity index is 1.80. The van der Waals surface area contributed by atoms with Crippen molar-refractivity contribution in [3.05, 3.63) is 83.7 Å². The normalized spacial score (nSPS) is 18.4. The van der Waals surface area contributed by atoms with Crippen LogP contribution in [0.15, 0.2) is 72.0 Å². The van der Waals surface area contributed by atoms with Gasteiger partial charge in [-0.1, -0.05) is 42.5 Å². The number of amides is 1. The molecule has 1 amide bonds. The SMILES string of the molecule is CN1C(=O)C(c2cccc(CCCS(=O)(=O)O)c2)(c2cccc(-c3ncccn3)c2)N=C1N. The lowest BCUT2D eigenvalue weighted by molar-refractivity contribution is -0.129. The molecule has 170 valence electrons. The minimum atomic E-state index is -4.04. The number of guanidine groups is 1. The van der Waals surface area contributed by atoms with E-state index in [0.29, 0.717) is 23.4 Å². The number of aliphatic imine (C=N–C) groups is 1. The number of nitrogens with two attached hydrogens (primary N) is 1. The van der Waals surface area contributed by atoms with Crippen molar-refractivity contribution in [1.82, 2.24) is 14.9 Å². The number of likely N-dealkylation sites (N-methyl/N-ethyl adjacent to an activating group) is 1. The van der Waals surface area contributed by atoms with Gasteiger partial charge in [0.1, 0.15) is 0 Å². The molecule has 0 aliphatic carbocycles. The van der Waals surface area contributed by atoms with Gasteiger partial charge in [-0.05, 0) is 41.7 Å². The quantitative estimate of drug-likeness (QED) is 0.509. The monoisotopic (exact) mass is 465 g/mol. The molecule has 0 saturated heterocycles. The van der Waals surface area contributed by atoms with Crippen LogP contribution < -0.4 is 5.73 Å². The van der Waals surface area contributed by atoms with Crippen LogP contribution in [0.5, 0.6) is 0 Å². The van der Waals surface area contributed by atoms with Crippen LogP contribution in [0.25, 0.3) is 11.4 Å². The smallest absolute Gasteiger partial charge is 0.266 e. The molecule has 9 nitrogen and oxygen atoms in total. The lowest BCUT2D eigenvalue weighted by Crippen LogP contribution is -2.41. The van der Waals surface area contributed by atoms with E-state index in [4.69, 9.17) is 10.3 Å². The highest BCUT2D eigenvalue weighted by molar-refractivity contribution is 7.85. The molecule has 2 heterocycles. The van der Waals surface area contributed by atoms with Gasteiger partial charge < -0.3 is 5.73 Å². The molecule has 2 aromatic carbocycles. The van der Waals surface area contributed by atoms with Gasteiger partial charge in [0.2, 0.25) is 0 Å². The summed E-state index contributed by atoms with van der Waals surface area (Å²) in [7, 11) is -2.47. The van der Waals surface area contributed by atoms with Crippen LogP contribution in [-0.4, -0.2) is 52.5 Å². The average Bonchev–Trinajstić information content (AvgIpc) is 3.04. The van der Waals surface area contributed by atoms with Crippen molar-refractivity contribution in [2.45, 2.75) is 18.4 Å². The van der Waals surface area contributed by atoms with E-state index in [9.17, 15) is 13.2 Å². The molecule has 4 rings (SSSR count). The van der Waals surface area contributed by atoms with Gasteiger partial charge in [-0.25, -0.2) is 15.0 Å². The van der Waals surface area contributed by atoms with E-state index in [1.807, 2.05) is 36.4 Å². The maximum atomic E-state index is 13.5. The number of aromatic nitrogens is 2. The van der Waals surface area contributed by atoms with Crippen molar-refractivity contribution in [3.63, 3.8) is 0 Å². The second-order valence-electron chi connectivity index (χ2n) is 7.79. The molecule has 1 unspecified atom stereocenters. The Morgan fingerprint density at radius 1 is 1.03 bits per heavy atom. The fourth-order valence-corrected chi connectivity index (χ4v) is 4.44. The van der Waals surface area contributed by atoms with Gasteiger partial charge in [0.05, 0.1) is 5.75 Å². The molecule has 10 heteroatoms. The van der Waals surface area contributed by atoms with Gasteiger partial charge in [-0.2, -0.15) is 8.42 Å². The van der Waals surface area contributed by atoms with Crippen molar-refractivity contribution in [2.24, 2.45) is 10.7 Å². The van der Waals surface area contributed by atoms with Gasteiger partial charge in [0.15, 0.2) is 17.3 Å². The fraction of sp³-hybridized carbons (Fsp3) is 0.217. The van der Waals surface area contributed by atoms with Crippen LogP contribution in [0, 0.1) is 0 Å². The molecule has 0 bridgehead atoms. The lowest BCUT2D eigenvalue weighted by Gasteiger charge is -2.27. The number of nitrogens with zero attached hydrogens (tertiary/aromatic N) is 4. The maximum absolute atomic E-state index is 13.5. The minimum Gasteiger partial charge on any atom is -0.369 e. The number of carbonyl (C=O) groups excluding carboxylic acids is 1. The Kier molecular flexibility index (Phi) is 5.96. The number of benzene rings is 2. The molecule has 1 atom stereocenters. The van der Waals surface area contributed by atoms with E-state index in [1.165, 1.54) is 4.90 Å². The number of aryl methyl sites for hydroxylation is 1. The highest BCUT2D eigenvalue weighted by Gasteiger charge is 2.49. The summed E-state index contributed by atoms with van der Waals surface area (Å²) < 4.78 is 31.1. The second kappa shape index (κ2) is 8.72. The van der Waals surface area contributed by atoms with E-state index in [-0.39, 0.29) is 24.0 Å². The summed E-state index contributed by atoms with van der Waals surface area (Å²) in [5, 5.41) is 0. The van der Waals surface area contributed by atoms with E-state index in [0.717, 1.165) is 11.1 Å². The van der Waals surface area contributed by atoms with Crippen LogP contribution in [0.4, 0.5) is 0 Å². The fourth-order valence-electron chi connectivity index (χ4n) is 3.93. The third kappa shape index (κ3) is 4.48. The number of hydrogen-bond donors (Lipinski definition) is 2. The Labute approximate surface area is 191 Å². The molecule has 0 spiro atoms. The molecule has 1 aliphatic heterocycles. The molecule has 0 saturated carbocycles. The first-order valence-corrected chi connectivity index (χ1v) is 11.9. The molecule has 0 fully saturated rings. The van der Waals surface area contributed by atoms with E-state index in [2.05, 4.69) is 15.0 Å². The van der Waals surface area contributed by atoms with Crippen LogP contribution >= 0.6 is 0 Å². The standard InChI is InChI=1S/C23H23N5O4S/c1-28-21(29)23(27-22(28)24,18-9-2-6-16(14-18)7-4-13-33(30,31)32)19-10-3-8-17(15-19)20-25-11-5-12-26-20/h2-3,5-6,8-12,14-15H,4,7,13H2,1H3,(H2,24,27)(H,30,31,32). The molecule has 33 heavy (non-hydrogen) atoms. The van der Waals surface area contributed by atoms with Gasteiger partial charge in [0, 0.05) is 25.0 Å². The Bertz CT molecular complexity index is 1330. The zero-order chi connectivity index (χ0) is 23.6. The first-order valence-electron chi connectivity index (χ1n) is 10.3. The predicted molar refractivity (Wildman–Crippen MR) is 124 cm³/mol. The molecule has 3 N–H and O–H groups in total. The molecule has 3 aromatic rings. The largest absolute Gasteiger partial charge is 0.369 e. The number of carbonyl (C=O) groups is 1. The minimum absolute atomic E-state index is 0.0955. The maximum Gasteiger partial charge on any atom is 0.266 e. The zero-order valence-corrected chi connectivity index (χ0v) is 18.7. The molecule has 0 radical (unpaired) electrons. The molecular formula is C23H23N5O4S. The first-order chi connectivity index (χ1) is 15.7. The number of rotatable bonds is 7. The number of hydrogen-bond acceptors (Lipinski definition) is 7. The third-order valence-electron chi connectivity index (χ3n) is 5.56. The summed E-state index contributed by atoms with van der Waals surface area (Å²) in [5.41, 5.74) is 7.43. The summed E-state index contributed by atoms with van der Waals surface area (Å²) in [6.45, 7) is 0. The first kappa shape index (κ1) is 22.6.